The first-order chi connectivity index (χ1) is 25.3. The van der Waals surface area contributed by atoms with Crippen LogP contribution in [0.2, 0.25) is 0 Å². The molecule has 0 saturated carbocycles. The van der Waals surface area contributed by atoms with Crippen molar-refractivity contribution >= 4 is 65.7 Å². The van der Waals surface area contributed by atoms with Crippen molar-refractivity contribution in [3.63, 3.8) is 0 Å². The minimum Gasteiger partial charge on any atom is -0.456 e. The van der Waals surface area contributed by atoms with Crippen LogP contribution >= 0.6 is 0 Å². The highest BCUT2D eigenvalue weighted by Gasteiger charge is 2.20. The van der Waals surface area contributed by atoms with Crippen LogP contribution in [0.1, 0.15) is 0 Å². The average Bonchev–Trinajstić information content (AvgIpc) is 3.87. The molecule has 0 fully saturated rings. The van der Waals surface area contributed by atoms with Gasteiger partial charge in [-0.2, -0.15) is 9.97 Å². The highest BCUT2D eigenvalue weighted by molar-refractivity contribution is 6.11. The van der Waals surface area contributed by atoms with Gasteiger partial charge in [-0.1, -0.05) is 109 Å². The normalized spacial score (nSPS) is 11.9. The summed E-state index contributed by atoms with van der Waals surface area (Å²) in [7, 11) is 0. The van der Waals surface area contributed by atoms with Gasteiger partial charge in [-0.05, 0) is 59.7 Å². The number of fused-ring (bicyclic) bond motifs is 9. The molecule has 0 aliphatic rings. The number of benzene rings is 7. The maximum Gasteiger partial charge on any atom is 0.238 e. The van der Waals surface area contributed by atoms with Crippen LogP contribution in [-0.2, 0) is 0 Å². The van der Waals surface area contributed by atoms with E-state index in [4.69, 9.17) is 23.8 Å². The Hall–Kier alpha value is -7.05. The molecule has 51 heavy (non-hydrogen) atoms. The van der Waals surface area contributed by atoms with Crippen molar-refractivity contribution < 1.29 is 8.83 Å². The van der Waals surface area contributed by atoms with Gasteiger partial charge < -0.3 is 8.83 Å². The fraction of sp³-hybridized carbons (Fsp3) is 0. The Kier molecular flexibility index (Phi) is 5.86. The largest absolute Gasteiger partial charge is 0.456 e. The molecule has 238 valence electrons. The minimum absolute atomic E-state index is 0.543. The van der Waals surface area contributed by atoms with Gasteiger partial charge in [0.1, 0.15) is 22.3 Å². The summed E-state index contributed by atoms with van der Waals surface area (Å²) in [6, 6.07) is 53.9. The highest BCUT2D eigenvalue weighted by Crippen LogP contribution is 2.39. The molecule has 0 amide bonds. The molecule has 0 radical (unpaired) electrons. The maximum absolute atomic E-state index is 6.72. The topological polar surface area (TPSA) is 69.9 Å². The fourth-order valence-electron chi connectivity index (χ4n) is 7.50. The Bertz CT molecular complexity index is 3100. The van der Waals surface area contributed by atoms with Gasteiger partial charge in [0.25, 0.3) is 0 Å². The second-order valence-corrected chi connectivity index (χ2v) is 12.8. The zero-order valence-electron chi connectivity index (χ0n) is 27.1. The lowest BCUT2D eigenvalue weighted by molar-refractivity contribution is 0.668. The second-order valence-electron chi connectivity index (χ2n) is 12.8. The Balaban J connectivity index is 1.10. The highest BCUT2D eigenvalue weighted by atomic mass is 16.3. The maximum atomic E-state index is 6.72. The van der Waals surface area contributed by atoms with Crippen molar-refractivity contribution in [1.82, 2.24) is 19.5 Å². The van der Waals surface area contributed by atoms with Gasteiger partial charge in [-0.25, -0.2) is 4.98 Å². The van der Waals surface area contributed by atoms with E-state index in [1.165, 1.54) is 0 Å². The number of para-hydroxylation sites is 4. The van der Waals surface area contributed by atoms with Crippen LogP contribution in [0, 0.1) is 0 Å². The van der Waals surface area contributed by atoms with Crippen LogP contribution in [0.3, 0.4) is 0 Å². The molecule has 11 rings (SSSR count). The molecular weight excluding hydrogens is 629 g/mol. The number of furan rings is 2. The van der Waals surface area contributed by atoms with Crippen molar-refractivity contribution in [2.24, 2.45) is 0 Å². The zero-order chi connectivity index (χ0) is 33.5. The first-order valence-corrected chi connectivity index (χ1v) is 16.9. The Morgan fingerprint density at radius 3 is 1.69 bits per heavy atom. The summed E-state index contributed by atoms with van der Waals surface area (Å²) in [6.07, 6.45) is 0. The van der Waals surface area contributed by atoms with Crippen LogP contribution in [0.25, 0.3) is 106 Å². The molecule has 0 aliphatic heterocycles. The van der Waals surface area contributed by atoms with Gasteiger partial charge in [0.05, 0.1) is 16.6 Å². The zero-order valence-corrected chi connectivity index (χ0v) is 27.1. The lowest BCUT2D eigenvalue weighted by Crippen LogP contribution is -2.06. The second kappa shape index (κ2) is 10.7. The molecule has 0 bridgehead atoms. The van der Waals surface area contributed by atoms with E-state index in [1.807, 2.05) is 60.7 Å². The van der Waals surface area contributed by atoms with Crippen LogP contribution in [0.15, 0.2) is 167 Å². The van der Waals surface area contributed by atoms with E-state index >= 15 is 0 Å². The van der Waals surface area contributed by atoms with Gasteiger partial charge in [0.2, 0.25) is 5.95 Å². The SMILES string of the molecule is c1ccc(-c2nc(-c3cccc4c3oc3cc(-c5ccc6c(c5)oc5ccccc56)ccc34)nc(-n3c4ccccc4c4ccccc43)n2)cc1. The smallest absolute Gasteiger partial charge is 0.238 e. The van der Waals surface area contributed by atoms with E-state index in [1.54, 1.807) is 0 Å². The molecule has 7 aromatic carbocycles. The van der Waals surface area contributed by atoms with Crippen molar-refractivity contribution in [2.45, 2.75) is 0 Å². The molecular formula is C45H26N4O2. The Morgan fingerprint density at radius 2 is 0.941 bits per heavy atom. The Labute approximate surface area is 290 Å². The number of hydrogen-bond acceptors (Lipinski definition) is 5. The van der Waals surface area contributed by atoms with Gasteiger partial charge in [0, 0.05) is 37.9 Å². The van der Waals surface area contributed by atoms with Crippen molar-refractivity contribution in [2.75, 3.05) is 0 Å². The van der Waals surface area contributed by atoms with Gasteiger partial charge in [-0.3, -0.25) is 4.57 Å². The van der Waals surface area contributed by atoms with E-state index in [2.05, 4.69) is 102 Å². The summed E-state index contributed by atoms with van der Waals surface area (Å²) < 4.78 is 15.0. The lowest BCUT2D eigenvalue weighted by atomic mass is 10.0. The third-order valence-corrected chi connectivity index (χ3v) is 9.89. The van der Waals surface area contributed by atoms with Gasteiger partial charge in [0.15, 0.2) is 11.6 Å². The molecule has 0 aliphatic carbocycles. The monoisotopic (exact) mass is 654 g/mol. The summed E-state index contributed by atoms with van der Waals surface area (Å²) in [4.78, 5) is 15.3. The standard InChI is InChI=1S/C45H26N4O2/c1-2-11-27(12-3-1)43-46-44(48-45(47-43)49-37-18-7-4-13-30(37)31-14-5-8-19-38(31)49)36-17-10-16-35-34-24-22-29(26-41(34)51-42(35)36)28-21-23-33-32-15-6-9-20-39(32)50-40(33)25-28/h1-26H. The summed E-state index contributed by atoms with van der Waals surface area (Å²) in [6.45, 7) is 0. The third-order valence-electron chi connectivity index (χ3n) is 9.89. The molecule has 11 aromatic rings. The van der Waals surface area contributed by atoms with Gasteiger partial charge >= 0.3 is 0 Å². The van der Waals surface area contributed by atoms with Crippen LogP contribution < -0.4 is 0 Å². The molecule has 0 atom stereocenters. The van der Waals surface area contributed by atoms with Gasteiger partial charge in [-0.15, -0.1) is 0 Å². The molecule has 6 heteroatoms. The van der Waals surface area contributed by atoms with Crippen molar-refractivity contribution in [1.29, 1.82) is 0 Å². The van der Waals surface area contributed by atoms with Crippen LogP contribution in [0.4, 0.5) is 0 Å². The molecule has 4 aromatic heterocycles. The lowest BCUT2D eigenvalue weighted by Gasteiger charge is -2.11. The summed E-state index contributed by atoms with van der Waals surface area (Å²) in [5, 5.41) is 6.55. The summed E-state index contributed by atoms with van der Waals surface area (Å²) >= 11 is 0. The van der Waals surface area contributed by atoms with Crippen LogP contribution in [-0.4, -0.2) is 19.5 Å². The molecule has 4 heterocycles. The first kappa shape index (κ1) is 27.9. The summed E-state index contributed by atoms with van der Waals surface area (Å²) in [5.74, 6) is 1.68. The molecule has 0 N–H and O–H groups in total. The number of aromatic nitrogens is 4. The molecule has 0 unspecified atom stereocenters. The van der Waals surface area contributed by atoms with E-state index in [-0.39, 0.29) is 0 Å². The van der Waals surface area contributed by atoms with Crippen molar-refractivity contribution in [3.8, 4) is 39.9 Å². The first-order valence-electron chi connectivity index (χ1n) is 16.9. The van der Waals surface area contributed by atoms with E-state index in [0.717, 1.165) is 87.9 Å². The predicted octanol–water partition coefficient (Wildman–Crippen LogP) is 11.8. The average molecular weight is 655 g/mol. The van der Waals surface area contributed by atoms with E-state index < -0.39 is 0 Å². The molecule has 0 spiro atoms. The number of nitrogens with zero attached hydrogens (tertiary/aromatic N) is 4. The van der Waals surface area contributed by atoms with Crippen LogP contribution in [0.5, 0.6) is 0 Å². The minimum atomic E-state index is 0.543. The van der Waals surface area contributed by atoms with E-state index in [9.17, 15) is 0 Å². The number of rotatable bonds is 4. The molecule has 0 saturated heterocycles. The Morgan fingerprint density at radius 1 is 0.373 bits per heavy atom. The summed E-state index contributed by atoms with van der Waals surface area (Å²) in [5.41, 5.74) is 9.16. The number of hydrogen-bond donors (Lipinski definition) is 0. The third kappa shape index (κ3) is 4.26. The van der Waals surface area contributed by atoms with Crippen molar-refractivity contribution in [3.05, 3.63) is 158 Å². The quantitative estimate of drug-likeness (QED) is 0.189. The fourth-order valence-corrected chi connectivity index (χ4v) is 7.50. The van der Waals surface area contributed by atoms with E-state index in [0.29, 0.717) is 17.6 Å². The molecule has 6 nitrogen and oxygen atoms in total. The predicted molar refractivity (Wildman–Crippen MR) is 205 cm³/mol.